The van der Waals surface area contributed by atoms with Gasteiger partial charge in [-0.15, -0.1) is 4.78 Å². The van der Waals surface area contributed by atoms with Gasteiger partial charge < -0.3 is 9.84 Å². The maximum absolute atomic E-state index is 12.9. The molecule has 1 aromatic carbocycles. The van der Waals surface area contributed by atoms with Crippen molar-refractivity contribution in [1.82, 2.24) is 10.2 Å². The zero-order valence-electron chi connectivity index (χ0n) is 13.8. The Morgan fingerprint density at radius 2 is 2.17 bits per heavy atom. The van der Waals surface area contributed by atoms with Crippen LogP contribution in [-0.4, -0.2) is 29.3 Å². The lowest BCUT2D eigenvalue weighted by Crippen LogP contribution is -2.39. The number of nitrogens with zero attached hydrogens (tertiary/aromatic N) is 1. The van der Waals surface area contributed by atoms with Gasteiger partial charge in [0.2, 0.25) is 0 Å². The monoisotopic (exact) mass is 439 g/mol. The fourth-order valence-electron chi connectivity index (χ4n) is 1.71. The maximum Gasteiger partial charge on any atom is 0.346 e. The lowest BCUT2D eigenvalue weighted by molar-refractivity contribution is 0.291. The molecule has 5 nitrogen and oxygen atoms in total. The fraction of sp³-hybridized carbons (Fsp3) is 0.500. The molecular formula is C14H23BrN3O2PS2. The highest BCUT2D eigenvalue weighted by atomic mass is 79.9. The molecule has 1 aromatic rings. The van der Waals surface area contributed by atoms with Gasteiger partial charge in [-0.05, 0) is 56.2 Å². The van der Waals surface area contributed by atoms with E-state index in [9.17, 15) is 4.57 Å². The summed E-state index contributed by atoms with van der Waals surface area (Å²) in [7, 11) is 1.68. The topological polar surface area (TPSA) is 53.6 Å². The van der Waals surface area contributed by atoms with E-state index in [1.54, 1.807) is 7.05 Å². The highest BCUT2D eigenvalue weighted by Crippen LogP contribution is 2.60. The van der Waals surface area contributed by atoms with Crippen LogP contribution in [0.25, 0.3) is 0 Å². The van der Waals surface area contributed by atoms with Crippen molar-refractivity contribution in [2.45, 2.75) is 27.2 Å². The summed E-state index contributed by atoms with van der Waals surface area (Å²) in [5.74, 6) is 0.759. The predicted molar refractivity (Wildman–Crippen MR) is 108 cm³/mol. The Bertz CT molecular complexity index is 589. The average Bonchev–Trinajstić information content (AvgIpc) is 2.48. The van der Waals surface area contributed by atoms with Crippen molar-refractivity contribution in [3.05, 3.63) is 28.2 Å². The quantitative estimate of drug-likeness (QED) is 0.328. The smallest absolute Gasteiger partial charge is 0.331 e. The second-order valence-corrected chi connectivity index (χ2v) is 10.7. The Labute approximate surface area is 156 Å². The van der Waals surface area contributed by atoms with Gasteiger partial charge in [0.25, 0.3) is 0 Å². The van der Waals surface area contributed by atoms with Crippen molar-refractivity contribution < 1.29 is 9.09 Å². The van der Waals surface area contributed by atoms with Gasteiger partial charge in [-0.1, -0.05) is 34.2 Å². The summed E-state index contributed by atoms with van der Waals surface area (Å²) in [6.07, 6.45) is 0.927. The van der Waals surface area contributed by atoms with Gasteiger partial charge in [0.05, 0.1) is 6.61 Å². The Morgan fingerprint density at radius 3 is 2.74 bits per heavy atom. The molecule has 0 aliphatic carbocycles. The predicted octanol–water partition coefficient (Wildman–Crippen LogP) is 5.18. The van der Waals surface area contributed by atoms with Crippen LogP contribution >= 0.6 is 46.3 Å². The number of thiocarbonyl (C=S) groups is 1. The van der Waals surface area contributed by atoms with Gasteiger partial charge in [-0.3, -0.25) is 9.99 Å². The Balaban J connectivity index is 2.72. The Hall–Kier alpha value is -0.110. The van der Waals surface area contributed by atoms with Crippen molar-refractivity contribution >= 4 is 57.1 Å². The lowest BCUT2D eigenvalue weighted by Gasteiger charge is -2.28. The summed E-state index contributed by atoms with van der Waals surface area (Å²) in [5, 5.41) is 3.48. The normalized spacial score (nSPS) is 13.7. The molecule has 9 heteroatoms. The van der Waals surface area contributed by atoms with Crippen LogP contribution < -0.4 is 10.7 Å². The largest absolute Gasteiger partial charge is 0.346 e. The minimum atomic E-state index is -3.00. The SMILES string of the molecule is CCCSP(=O)(OCC)N(C)NC(=S)Nc1ccc(Br)cc1C. The van der Waals surface area contributed by atoms with E-state index < -0.39 is 6.72 Å². The van der Waals surface area contributed by atoms with Gasteiger partial charge in [0.1, 0.15) is 0 Å². The average molecular weight is 440 g/mol. The van der Waals surface area contributed by atoms with Gasteiger partial charge in [-0.25, -0.2) is 0 Å². The first-order chi connectivity index (χ1) is 10.8. The van der Waals surface area contributed by atoms with E-state index in [1.165, 1.54) is 16.2 Å². The molecule has 0 bridgehead atoms. The first kappa shape index (κ1) is 20.9. The molecule has 0 fully saturated rings. The van der Waals surface area contributed by atoms with E-state index in [1.807, 2.05) is 39.0 Å². The molecule has 130 valence electrons. The molecule has 23 heavy (non-hydrogen) atoms. The van der Waals surface area contributed by atoms with Crippen LogP contribution in [0, 0.1) is 6.92 Å². The van der Waals surface area contributed by atoms with E-state index in [2.05, 4.69) is 26.7 Å². The minimum absolute atomic E-state index is 0.370. The number of hydrazine groups is 1. The summed E-state index contributed by atoms with van der Waals surface area (Å²) >= 11 is 10.1. The van der Waals surface area contributed by atoms with Crippen molar-refractivity contribution in [3.8, 4) is 0 Å². The second-order valence-electron chi connectivity index (χ2n) is 4.77. The van der Waals surface area contributed by atoms with Gasteiger partial charge in [-0.2, -0.15) is 0 Å². The first-order valence-electron chi connectivity index (χ1n) is 7.29. The standard InChI is InChI=1S/C14H23BrN3O2PS2/c1-5-9-23-21(19,20-6-2)18(4)17-14(22)16-13-8-7-12(15)10-11(13)3/h7-8,10H,5-6,9H2,1-4H3,(H2,16,17,22). The lowest BCUT2D eigenvalue weighted by atomic mass is 10.2. The van der Waals surface area contributed by atoms with Gasteiger partial charge in [0.15, 0.2) is 5.11 Å². The molecule has 0 radical (unpaired) electrons. The second kappa shape index (κ2) is 10.0. The van der Waals surface area contributed by atoms with Crippen LogP contribution in [0.5, 0.6) is 0 Å². The van der Waals surface area contributed by atoms with Crippen molar-refractivity contribution in [3.63, 3.8) is 0 Å². The Kier molecular flexibility index (Phi) is 9.11. The van der Waals surface area contributed by atoms with E-state index in [-0.39, 0.29) is 0 Å². The fourth-order valence-corrected chi connectivity index (χ4v) is 6.30. The molecule has 1 atom stereocenters. The van der Waals surface area contributed by atoms with Crippen molar-refractivity contribution in [2.75, 3.05) is 24.7 Å². The molecule has 0 aromatic heterocycles. The molecule has 0 heterocycles. The number of hydrogen-bond donors (Lipinski definition) is 2. The Morgan fingerprint density at radius 1 is 1.48 bits per heavy atom. The van der Waals surface area contributed by atoms with Crippen LogP contribution in [0.1, 0.15) is 25.8 Å². The molecule has 0 amide bonds. The third kappa shape index (κ3) is 6.72. The van der Waals surface area contributed by atoms with Crippen LogP contribution in [0.2, 0.25) is 0 Å². The van der Waals surface area contributed by atoms with E-state index in [0.717, 1.165) is 27.9 Å². The van der Waals surface area contributed by atoms with E-state index in [0.29, 0.717) is 11.7 Å². The number of halogens is 1. The van der Waals surface area contributed by atoms with Crippen LogP contribution in [0.15, 0.2) is 22.7 Å². The number of benzene rings is 1. The highest BCUT2D eigenvalue weighted by Gasteiger charge is 2.30. The molecule has 0 saturated heterocycles. The summed E-state index contributed by atoms with van der Waals surface area (Å²) in [6.45, 7) is 3.24. The summed E-state index contributed by atoms with van der Waals surface area (Å²) in [4.78, 5) is 0. The van der Waals surface area contributed by atoms with Crippen LogP contribution in [-0.2, 0) is 9.09 Å². The van der Waals surface area contributed by atoms with E-state index >= 15 is 0 Å². The number of rotatable bonds is 8. The third-order valence-corrected chi connectivity index (χ3v) is 8.42. The molecule has 0 aliphatic heterocycles. The van der Waals surface area contributed by atoms with Crippen LogP contribution in [0.4, 0.5) is 5.69 Å². The molecule has 2 N–H and O–H groups in total. The molecule has 1 unspecified atom stereocenters. The zero-order valence-corrected chi connectivity index (χ0v) is 17.9. The third-order valence-electron chi connectivity index (χ3n) is 2.82. The molecule has 0 spiro atoms. The van der Waals surface area contributed by atoms with E-state index in [4.69, 9.17) is 16.7 Å². The number of aryl methyl sites for hydroxylation is 1. The molecule has 0 aliphatic rings. The van der Waals surface area contributed by atoms with Crippen molar-refractivity contribution in [1.29, 1.82) is 0 Å². The number of hydrogen-bond acceptors (Lipinski definition) is 4. The molecular weight excluding hydrogens is 417 g/mol. The number of nitrogens with one attached hydrogen (secondary N) is 2. The number of anilines is 1. The van der Waals surface area contributed by atoms with Crippen LogP contribution in [0.3, 0.4) is 0 Å². The van der Waals surface area contributed by atoms with Crippen molar-refractivity contribution in [2.24, 2.45) is 0 Å². The van der Waals surface area contributed by atoms with Gasteiger partial charge in [0, 0.05) is 23.0 Å². The first-order valence-corrected chi connectivity index (χ1v) is 11.7. The van der Waals surface area contributed by atoms with Gasteiger partial charge >= 0.3 is 6.72 Å². The summed E-state index contributed by atoms with van der Waals surface area (Å²) < 4.78 is 20.8. The highest BCUT2D eigenvalue weighted by molar-refractivity contribution is 9.10. The molecule has 1 rings (SSSR count). The maximum atomic E-state index is 12.9. The summed E-state index contributed by atoms with van der Waals surface area (Å²) in [6, 6.07) is 5.86. The molecule has 0 saturated carbocycles. The zero-order chi connectivity index (χ0) is 17.5. The summed E-state index contributed by atoms with van der Waals surface area (Å²) in [5.41, 5.74) is 4.89. The minimum Gasteiger partial charge on any atom is -0.331 e.